The van der Waals surface area contributed by atoms with Gasteiger partial charge in [-0.25, -0.2) is 0 Å². The van der Waals surface area contributed by atoms with Crippen LogP contribution in [0, 0.1) is 5.41 Å². The van der Waals surface area contributed by atoms with E-state index in [1.165, 1.54) is 6.92 Å². The maximum absolute atomic E-state index is 10.7. The molecule has 1 aliphatic rings. The molecule has 3 heteroatoms. The van der Waals surface area contributed by atoms with Crippen LogP contribution in [0.5, 0.6) is 0 Å². The smallest absolute Gasteiger partial charge is 0.303 e. The highest BCUT2D eigenvalue weighted by molar-refractivity contribution is 5.66. The summed E-state index contributed by atoms with van der Waals surface area (Å²) in [5, 5.41) is 9.46. The molecule has 0 aromatic carbocycles. The number of rotatable bonds is 1. The zero-order valence-electron chi connectivity index (χ0n) is 7.57. The van der Waals surface area contributed by atoms with Gasteiger partial charge in [-0.05, 0) is 6.08 Å². The van der Waals surface area contributed by atoms with Crippen molar-refractivity contribution in [3.8, 4) is 0 Å². The summed E-state index contributed by atoms with van der Waals surface area (Å²) in [6, 6.07) is 0. The van der Waals surface area contributed by atoms with Gasteiger partial charge >= 0.3 is 5.97 Å². The Kier molecular flexibility index (Phi) is 2.24. The topological polar surface area (TPSA) is 46.5 Å². The van der Waals surface area contributed by atoms with Crippen molar-refractivity contribution < 1.29 is 14.6 Å². The van der Waals surface area contributed by atoms with Gasteiger partial charge < -0.3 is 9.84 Å². The molecule has 2 atom stereocenters. The van der Waals surface area contributed by atoms with Crippen LogP contribution in [0.15, 0.2) is 12.2 Å². The zero-order chi connectivity index (χ0) is 9.35. The molecular weight excluding hydrogens is 156 g/mol. The van der Waals surface area contributed by atoms with Crippen LogP contribution >= 0.6 is 0 Å². The summed E-state index contributed by atoms with van der Waals surface area (Å²) in [4.78, 5) is 10.7. The minimum Gasteiger partial charge on any atom is -0.458 e. The first kappa shape index (κ1) is 9.26. The molecule has 0 saturated carbocycles. The van der Waals surface area contributed by atoms with Gasteiger partial charge in [-0.3, -0.25) is 4.79 Å². The van der Waals surface area contributed by atoms with Crippen LogP contribution in [0.4, 0.5) is 0 Å². The molecule has 0 bridgehead atoms. The quantitative estimate of drug-likeness (QED) is 0.469. The Morgan fingerprint density at radius 3 is 2.42 bits per heavy atom. The number of aliphatic hydroxyl groups excluding tert-OH is 1. The maximum atomic E-state index is 10.7. The fraction of sp³-hybridized carbons (Fsp3) is 0.667. The van der Waals surface area contributed by atoms with Crippen molar-refractivity contribution in [3.63, 3.8) is 0 Å². The highest BCUT2D eigenvalue weighted by Crippen LogP contribution is 2.34. The molecular formula is C9H14O3. The van der Waals surface area contributed by atoms with Gasteiger partial charge in [0.1, 0.15) is 6.10 Å². The SMILES string of the molecule is CC(=O)O[C@@H]1C=C[C@H](O)C1(C)C. The molecule has 0 spiro atoms. The number of hydrogen-bond donors (Lipinski definition) is 1. The van der Waals surface area contributed by atoms with E-state index in [9.17, 15) is 9.90 Å². The van der Waals surface area contributed by atoms with Crippen molar-refractivity contribution in [2.45, 2.75) is 33.0 Å². The molecule has 0 heterocycles. The van der Waals surface area contributed by atoms with Gasteiger partial charge in [-0.15, -0.1) is 0 Å². The molecule has 0 unspecified atom stereocenters. The predicted molar refractivity (Wildman–Crippen MR) is 44.5 cm³/mol. The average Bonchev–Trinajstić information content (AvgIpc) is 2.15. The lowest BCUT2D eigenvalue weighted by Gasteiger charge is -2.29. The molecule has 0 saturated heterocycles. The number of esters is 1. The number of carbonyl (C=O) groups is 1. The largest absolute Gasteiger partial charge is 0.458 e. The van der Waals surface area contributed by atoms with E-state index >= 15 is 0 Å². The van der Waals surface area contributed by atoms with Crippen molar-refractivity contribution in [1.82, 2.24) is 0 Å². The first-order valence-electron chi connectivity index (χ1n) is 3.98. The van der Waals surface area contributed by atoms with Gasteiger partial charge in [0.25, 0.3) is 0 Å². The molecule has 1 N–H and O–H groups in total. The van der Waals surface area contributed by atoms with E-state index in [0.29, 0.717) is 0 Å². The number of aliphatic hydroxyl groups is 1. The molecule has 0 amide bonds. The van der Waals surface area contributed by atoms with Crippen LogP contribution in [0.25, 0.3) is 0 Å². The van der Waals surface area contributed by atoms with Crippen molar-refractivity contribution in [3.05, 3.63) is 12.2 Å². The highest BCUT2D eigenvalue weighted by Gasteiger charge is 2.40. The molecule has 3 nitrogen and oxygen atoms in total. The summed E-state index contributed by atoms with van der Waals surface area (Å²) in [6.45, 7) is 5.10. The molecule has 68 valence electrons. The maximum Gasteiger partial charge on any atom is 0.303 e. The summed E-state index contributed by atoms with van der Waals surface area (Å²) in [5.74, 6) is -0.313. The molecule has 0 aromatic heterocycles. The zero-order valence-corrected chi connectivity index (χ0v) is 7.57. The van der Waals surface area contributed by atoms with Crippen molar-refractivity contribution in [2.75, 3.05) is 0 Å². The summed E-state index contributed by atoms with van der Waals surface area (Å²) < 4.78 is 5.01. The van der Waals surface area contributed by atoms with Gasteiger partial charge in [0, 0.05) is 12.3 Å². The van der Waals surface area contributed by atoms with Gasteiger partial charge in [-0.1, -0.05) is 19.9 Å². The number of carbonyl (C=O) groups excluding carboxylic acids is 1. The van der Waals surface area contributed by atoms with Crippen LogP contribution in [0.2, 0.25) is 0 Å². The van der Waals surface area contributed by atoms with Crippen LogP contribution in [-0.4, -0.2) is 23.3 Å². The van der Waals surface area contributed by atoms with E-state index in [4.69, 9.17) is 4.74 Å². The Bertz CT molecular complexity index is 218. The molecule has 0 aromatic rings. The van der Waals surface area contributed by atoms with Crippen LogP contribution in [0.3, 0.4) is 0 Å². The lowest BCUT2D eigenvalue weighted by molar-refractivity contribution is -0.150. The first-order valence-corrected chi connectivity index (χ1v) is 3.98. The van der Waals surface area contributed by atoms with Gasteiger partial charge in [0.2, 0.25) is 0 Å². The van der Waals surface area contributed by atoms with Gasteiger partial charge in [0.15, 0.2) is 0 Å². The third kappa shape index (κ3) is 1.50. The Morgan fingerprint density at radius 2 is 2.08 bits per heavy atom. The Labute approximate surface area is 72.0 Å². The molecule has 1 aliphatic carbocycles. The van der Waals surface area contributed by atoms with E-state index in [1.54, 1.807) is 12.2 Å². The van der Waals surface area contributed by atoms with E-state index in [0.717, 1.165) is 0 Å². The van der Waals surface area contributed by atoms with Crippen LogP contribution in [-0.2, 0) is 9.53 Å². The van der Waals surface area contributed by atoms with Crippen molar-refractivity contribution in [2.24, 2.45) is 5.41 Å². The predicted octanol–water partition coefficient (Wildman–Crippen LogP) is 0.875. The lowest BCUT2D eigenvalue weighted by atomic mass is 9.86. The first-order chi connectivity index (χ1) is 5.44. The Hall–Kier alpha value is -0.830. The Morgan fingerprint density at radius 1 is 1.50 bits per heavy atom. The van der Waals surface area contributed by atoms with Gasteiger partial charge in [0.05, 0.1) is 6.10 Å². The van der Waals surface area contributed by atoms with E-state index < -0.39 is 11.5 Å². The minimum atomic E-state index is -0.526. The van der Waals surface area contributed by atoms with E-state index in [1.807, 2.05) is 13.8 Å². The van der Waals surface area contributed by atoms with Crippen LogP contribution < -0.4 is 0 Å². The van der Waals surface area contributed by atoms with Crippen molar-refractivity contribution >= 4 is 5.97 Å². The third-order valence-electron chi connectivity index (χ3n) is 2.26. The fourth-order valence-corrected chi connectivity index (χ4v) is 1.24. The standard InChI is InChI=1S/C9H14O3/c1-6(10)12-8-5-4-7(11)9(8,2)3/h4-5,7-8,11H,1-3H3/t7-,8+/m0/s1. The molecule has 0 aliphatic heterocycles. The summed E-state index contributed by atoms with van der Waals surface area (Å²) in [7, 11) is 0. The third-order valence-corrected chi connectivity index (χ3v) is 2.26. The second-order valence-electron chi connectivity index (χ2n) is 3.68. The molecule has 0 fully saturated rings. The number of ether oxygens (including phenoxy) is 1. The average molecular weight is 170 g/mol. The van der Waals surface area contributed by atoms with E-state index in [-0.39, 0.29) is 12.1 Å². The lowest BCUT2D eigenvalue weighted by Crippen LogP contribution is -2.36. The molecule has 0 radical (unpaired) electrons. The van der Waals surface area contributed by atoms with E-state index in [2.05, 4.69) is 0 Å². The van der Waals surface area contributed by atoms with Crippen LogP contribution in [0.1, 0.15) is 20.8 Å². The minimum absolute atomic E-state index is 0.301. The number of hydrogen-bond acceptors (Lipinski definition) is 3. The monoisotopic (exact) mass is 170 g/mol. The summed E-state index contributed by atoms with van der Waals surface area (Å²) in [5.41, 5.74) is -0.397. The normalized spacial score (nSPS) is 32.0. The second-order valence-corrected chi connectivity index (χ2v) is 3.68. The summed E-state index contributed by atoms with van der Waals surface area (Å²) in [6.07, 6.45) is 2.56. The summed E-state index contributed by atoms with van der Waals surface area (Å²) >= 11 is 0. The fourth-order valence-electron chi connectivity index (χ4n) is 1.24. The molecule has 1 rings (SSSR count). The highest BCUT2D eigenvalue weighted by atomic mass is 16.5. The van der Waals surface area contributed by atoms with Gasteiger partial charge in [-0.2, -0.15) is 0 Å². The molecule has 12 heavy (non-hydrogen) atoms. The second kappa shape index (κ2) is 2.90. The Balaban J connectivity index is 2.68. The van der Waals surface area contributed by atoms with Crippen molar-refractivity contribution in [1.29, 1.82) is 0 Å².